The van der Waals surface area contributed by atoms with Crippen LogP contribution in [0.4, 0.5) is 5.69 Å². The van der Waals surface area contributed by atoms with Crippen LogP contribution in [-0.4, -0.2) is 31.4 Å². The number of hydrogen-bond donors (Lipinski definition) is 2. The second kappa shape index (κ2) is 6.48. The molecule has 118 valence electrons. The Bertz CT molecular complexity index is 573. The van der Waals surface area contributed by atoms with Crippen LogP contribution < -0.4 is 16.0 Å². The maximum atomic E-state index is 12.4. The maximum absolute atomic E-state index is 12.4. The monoisotopic (exact) mass is 301 g/mol. The standard InChI is InChI=1S/C17H23N3O2/c18-10-13-5-3-6-14(13)17(22)19-11-16(21)20-9-8-12-4-1-2-7-15(12)20/h1-2,4,7,13-14H,3,5-6,8-11,18H2,(H,19,22)/t13-,14-/m1/s1. The van der Waals surface area contributed by atoms with Crippen molar-refractivity contribution in [3.05, 3.63) is 29.8 Å². The number of nitrogens with zero attached hydrogens (tertiary/aromatic N) is 1. The van der Waals surface area contributed by atoms with Gasteiger partial charge in [0.25, 0.3) is 0 Å². The highest BCUT2D eigenvalue weighted by atomic mass is 16.2. The van der Waals surface area contributed by atoms with Gasteiger partial charge in [0.15, 0.2) is 0 Å². The summed E-state index contributed by atoms with van der Waals surface area (Å²) in [6, 6.07) is 7.93. The summed E-state index contributed by atoms with van der Waals surface area (Å²) < 4.78 is 0. The van der Waals surface area contributed by atoms with Gasteiger partial charge in [-0.1, -0.05) is 24.6 Å². The largest absolute Gasteiger partial charge is 0.347 e. The van der Waals surface area contributed by atoms with Gasteiger partial charge in [-0.05, 0) is 43.4 Å². The van der Waals surface area contributed by atoms with Gasteiger partial charge >= 0.3 is 0 Å². The number of fused-ring (bicyclic) bond motifs is 1. The average molecular weight is 301 g/mol. The Kier molecular flexibility index (Phi) is 4.43. The third-order valence-electron chi connectivity index (χ3n) is 4.90. The van der Waals surface area contributed by atoms with Crippen LogP contribution in [0.25, 0.3) is 0 Å². The summed E-state index contributed by atoms with van der Waals surface area (Å²) in [4.78, 5) is 26.4. The van der Waals surface area contributed by atoms with E-state index in [0.717, 1.165) is 31.4 Å². The summed E-state index contributed by atoms with van der Waals surface area (Å²) in [6.07, 6.45) is 3.83. The van der Waals surface area contributed by atoms with Crippen LogP contribution in [0.3, 0.4) is 0 Å². The molecule has 1 aliphatic carbocycles. The van der Waals surface area contributed by atoms with Gasteiger partial charge in [0, 0.05) is 18.2 Å². The number of para-hydroxylation sites is 1. The summed E-state index contributed by atoms with van der Waals surface area (Å²) in [5.74, 6) is 0.181. The lowest BCUT2D eigenvalue weighted by molar-refractivity contribution is -0.128. The molecule has 2 aliphatic rings. The molecule has 5 nitrogen and oxygen atoms in total. The number of carbonyl (C=O) groups is 2. The lowest BCUT2D eigenvalue weighted by Gasteiger charge is -2.20. The van der Waals surface area contributed by atoms with E-state index in [9.17, 15) is 9.59 Å². The molecular weight excluding hydrogens is 278 g/mol. The van der Waals surface area contributed by atoms with E-state index in [2.05, 4.69) is 5.32 Å². The molecule has 0 radical (unpaired) electrons. The van der Waals surface area contributed by atoms with Crippen molar-refractivity contribution in [1.29, 1.82) is 0 Å². The molecular formula is C17H23N3O2. The smallest absolute Gasteiger partial charge is 0.246 e. The molecule has 1 heterocycles. The van der Waals surface area contributed by atoms with E-state index in [4.69, 9.17) is 5.73 Å². The molecule has 22 heavy (non-hydrogen) atoms. The Labute approximate surface area is 130 Å². The minimum absolute atomic E-state index is 0.0196. The van der Waals surface area contributed by atoms with Crippen molar-refractivity contribution in [2.75, 3.05) is 24.5 Å². The van der Waals surface area contributed by atoms with Crippen LogP contribution in [0, 0.1) is 11.8 Å². The summed E-state index contributed by atoms with van der Waals surface area (Å²) in [5.41, 5.74) is 7.89. The highest BCUT2D eigenvalue weighted by molar-refractivity contribution is 5.98. The third kappa shape index (κ3) is 2.86. The van der Waals surface area contributed by atoms with Gasteiger partial charge in [-0.3, -0.25) is 9.59 Å². The highest BCUT2D eigenvalue weighted by Crippen LogP contribution is 2.31. The summed E-state index contributed by atoms with van der Waals surface area (Å²) in [7, 11) is 0. The van der Waals surface area contributed by atoms with Gasteiger partial charge in [0.1, 0.15) is 0 Å². The number of amides is 2. The number of carbonyl (C=O) groups excluding carboxylic acids is 2. The second-order valence-electron chi connectivity index (χ2n) is 6.18. The first-order chi connectivity index (χ1) is 10.7. The van der Waals surface area contributed by atoms with Crippen LogP contribution in [0.15, 0.2) is 24.3 Å². The fourth-order valence-corrected chi connectivity index (χ4v) is 3.65. The van der Waals surface area contributed by atoms with Crippen molar-refractivity contribution in [2.24, 2.45) is 17.6 Å². The number of hydrogen-bond acceptors (Lipinski definition) is 3. The Morgan fingerprint density at radius 1 is 1.27 bits per heavy atom. The Hall–Kier alpha value is -1.88. The van der Waals surface area contributed by atoms with Crippen LogP contribution in [-0.2, 0) is 16.0 Å². The number of rotatable bonds is 4. The first-order valence-electron chi connectivity index (χ1n) is 8.06. The van der Waals surface area contributed by atoms with Gasteiger partial charge in [0.05, 0.1) is 6.54 Å². The van der Waals surface area contributed by atoms with Crippen molar-refractivity contribution >= 4 is 17.5 Å². The molecule has 0 bridgehead atoms. The molecule has 5 heteroatoms. The van der Waals surface area contributed by atoms with E-state index < -0.39 is 0 Å². The van der Waals surface area contributed by atoms with Gasteiger partial charge in [-0.2, -0.15) is 0 Å². The second-order valence-corrected chi connectivity index (χ2v) is 6.18. The predicted molar refractivity (Wildman–Crippen MR) is 85.4 cm³/mol. The molecule has 2 amide bonds. The molecule has 1 aromatic rings. The van der Waals surface area contributed by atoms with Gasteiger partial charge in [0.2, 0.25) is 11.8 Å². The molecule has 1 saturated carbocycles. The molecule has 0 spiro atoms. The van der Waals surface area contributed by atoms with E-state index in [1.807, 2.05) is 24.3 Å². The maximum Gasteiger partial charge on any atom is 0.246 e. The quantitative estimate of drug-likeness (QED) is 0.873. The minimum atomic E-state index is -0.0411. The SMILES string of the molecule is NC[C@H]1CCC[C@H]1C(=O)NCC(=O)N1CCc2ccccc21. The first kappa shape index (κ1) is 15.0. The van der Waals surface area contributed by atoms with E-state index >= 15 is 0 Å². The molecule has 1 aliphatic heterocycles. The van der Waals surface area contributed by atoms with Crippen molar-refractivity contribution < 1.29 is 9.59 Å². The first-order valence-corrected chi connectivity index (χ1v) is 8.06. The van der Waals surface area contributed by atoms with E-state index in [1.165, 1.54) is 5.56 Å². The molecule has 1 aromatic carbocycles. The zero-order valence-corrected chi connectivity index (χ0v) is 12.8. The number of benzene rings is 1. The minimum Gasteiger partial charge on any atom is -0.347 e. The van der Waals surface area contributed by atoms with Crippen molar-refractivity contribution in [3.63, 3.8) is 0 Å². The van der Waals surface area contributed by atoms with Gasteiger partial charge < -0.3 is 16.0 Å². The molecule has 0 aromatic heterocycles. The number of anilines is 1. The van der Waals surface area contributed by atoms with E-state index in [0.29, 0.717) is 13.1 Å². The third-order valence-corrected chi connectivity index (χ3v) is 4.90. The number of nitrogens with one attached hydrogen (secondary N) is 1. The topological polar surface area (TPSA) is 75.4 Å². The summed E-state index contributed by atoms with van der Waals surface area (Å²) in [6.45, 7) is 1.31. The zero-order valence-electron chi connectivity index (χ0n) is 12.8. The van der Waals surface area contributed by atoms with Crippen LogP contribution in [0.1, 0.15) is 24.8 Å². The van der Waals surface area contributed by atoms with Crippen LogP contribution >= 0.6 is 0 Å². The van der Waals surface area contributed by atoms with Crippen molar-refractivity contribution in [3.8, 4) is 0 Å². The van der Waals surface area contributed by atoms with E-state index in [-0.39, 0.29) is 30.2 Å². The molecule has 0 saturated heterocycles. The van der Waals surface area contributed by atoms with Crippen LogP contribution in [0.2, 0.25) is 0 Å². The fourth-order valence-electron chi connectivity index (χ4n) is 3.65. The molecule has 3 N–H and O–H groups in total. The lowest BCUT2D eigenvalue weighted by atomic mass is 9.95. The summed E-state index contributed by atoms with van der Waals surface area (Å²) >= 11 is 0. The number of nitrogens with two attached hydrogens (primary N) is 1. The molecule has 0 unspecified atom stereocenters. The van der Waals surface area contributed by atoms with Crippen molar-refractivity contribution in [2.45, 2.75) is 25.7 Å². The fraction of sp³-hybridized carbons (Fsp3) is 0.529. The van der Waals surface area contributed by atoms with Gasteiger partial charge in [-0.15, -0.1) is 0 Å². The zero-order chi connectivity index (χ0) is 15.5. The molecule has 3 rings (SSSR count). The normalized spacial score (nSPS) is 23.4. The Balaban J connectivity index is 1.56. The van der Waals surface area contributed by atoms with Crippen molar-refractivity contribution in [1.82, 2.24) is 5.32 Å². The molecule has 1 fully saturated rings. The predicted octanol–water partition coefficient (Wildman–Crippen LogP) is 1.07. The summed E-state index contributed by atoms with van der Waals surface area (Å²) in [5, 5.41) is 2.81. The molecule has 2 atom stereocenters. The highest BCUT2D eigenvalue weighted by Gasteiger charge is 2.32. The Morgan fingerprint density at radius 3 is 2.91 bits per heavy atom. The average Bonchev–Trinajstić information content (AvgIpc) is 3.18. The lowest BCUT2D eigenvalue weighted by Crippen LogP contribution is -2.42. The Morgan fingerprint density at radius 2 is 2.09 bits per heavy atom. The van der Waals surface area contributed by atoms with Gasteiger partial charge in [-0.25, -0.2) is 0 Å². The van der Waals surface area contributed by atoms with E-state index in [1.54, 1.807) is 4.90 Å². The van der Waals surface area contributed by atoms with Crippen LogP contribution in [0.5, 0.6) is 0 Å².